The summed E-state index contributed by atoms with van der Waals surface area (Å²) in [5.74, 6) is -0.306. The number of amides is 2. The number of likely N-dealkylation sites (N-methyl/N-ethyl adjacent to an activating group) is 1. The molecule has 0 unspecified atom stereocenters. The molecule has 2 aromatic carbocycles. The highest BCUT2D eigenvalue weighted by atomic mass is 35.5. The highest BCUT2D eigenvalue weighted by molar-refractivity contribution is 7.10. The van der Waals surface area contributed by atoms with E-state index >= 15 is 0 Å². The number of hydrogen-bond donors (Lipinski definition) is 0. The van der Waals surface area contributed by atoms with Gasteiger partial charge in [0.25, 0.3) is 5.91 Å². The van der Waals surface area contributed by atoms with Crippen molar-refractivity contribution in [2.75, 3.05) is 18.5 Å². The molecule has 2 heterocycles. The summed E-state index contributed by atoms with van der Waals surface area (Å²) < 4.78 is 0. The number of rotatable bonds is 5. The van der Waals surface area contributed by atoms with Crippen molar-refractivity contribution in [3.05, 3.63) is 87.1 Å². The molecule has 6 heteroatoms. The minimum atomic E-state index is -0.504. The standard InChI is InChI=1S/C25H25ClN2O2S/c1-16(2)15-28-23(21-12-7-13-31-21)22(19-10-4-5-11-20(19)24(28)29)25(30)27(3)18-9-6-8-17(26)14-18/h4-14,16,22-23H,15H2,1-3H3/t22-,23+/m1/s1. The van der Waals surface area contributed by atoms with Gasteiger partial charge in [-0.1, -0.05) is 55.8 Å². The van der Waals surface area contributed by atoms with Crippen LogP contribution >= 0.6 is 22.9 Å². The van der Waals surface area contributed by atoms with Crippen LogP contribution in [0.3, 0.4) is 0 Å². The molecule has 0 fully saturated rings. The number of benzene rings is 2. The zero-order valence-corrected chi connectivity index (χ0v) is 19.4. The maximum atomic E-state index is 14.0. The van der Waals surface area contributed by atoms with Crippen LogP contribution in [-0.2, 0) is 4.79 Å². The number of nitrogens with zero attached hydrogens (tertiary/aromatic N) is 2. The van der Waals surface area contributed by atoms with Gasteiger partial charge in [0, 0.05) is 34.7 Å². The minimum absolute atomic E-state index is 0.0165. The summed E-state index contributed by atoms with van der Waals surface area (Å²) in [6.45, 7) is 4.77. The van der Waals surface area contributed by atoms with Gasteiger partial charge in [-0.05, 0) is 47.2 Å². The SMILES string of the molecule is CC(C)CN1C(=O)c2ccccc2[C@@H](C(=O)N(C)c2cccc(Cl)c2)[C@@H]1c1cccs1. The first kappa shape index (κ1) is 21.6. The molecule has 0 saturated carbocycles. The first-order chi connectivity index (χ1) is 14.9. The number of carbonyl (C=O) groups is 2. The second-order valence-corrected chi connectivity index (χ2v) is 9.67. The highest BCUT2D eigenvalue weighted by Crippen LogP contribution is 2.45. The van der Waals surface area contributed by atoms with Crippen LogP contribution in [0.4, 0.5) is 5.69 Å². The van der Waals surface area contributed by atoms with E-state index in [2.05, 4.69) is 13.8 Å². The van der Waals surface area contributed by atoms with Gasteiger partial charge in [-0.2, -0.15) is 0 Å². The lowest BCUT2D eigenvalue weighted by Crippen LogP contribution is -2.48. The van der Waals surface area contributed by atoms with Crippen LogP contribution in [0.25, 0.3) is 0 Å². The van der Waals surface area contributed by atoms with Crippen molar-refractivity contribution >= 4 is 40.4 Å². The highest BCUT2D eigenvalue weighted by Gasteiger charge is 2.45. The van der Waals surface area contributed by atoms with Crippen LogP contribution < -0.4 is 4.90 Å². The summed E-state index contributed by atoms with van der Waals surface area (Å²) in [6.07, 6.45) is 0. The molecule has 0 bridgehead atoms. The molecule has 0 spiro atoms. The molecule has 3 aromatic rings. The van der Waals surface area contributed by atoms with Crippen LogP contribution in [0.15, 0.2) is 66.0 Å². The zero-order valence-electron chi connectivity index (χ0n) is 17.8. The Bertz CT molecular complexity index is 1100. The molecule has 160 valence electrons. The quantitative estimate of drug-likeness (QED) is 0.476. The predicted molar refractivity (Wildman–Crippen MR) is 127 cm³/mol. The molecule has 0 N–H and O–H groups in total. The minimum Gasteiger partial charge on any atom is -0.329 e. The van der Waals surface area contributed by atoms with Crippen molar-refractivity contribution in [2.45, 2.75) is 25.8 Å². The lowest BCUT2D eigenvalue weighted by atomic mass is 9.80. The Labute approximate surface area is 192 Å². The summed E-state index contributed by atoms with van der Waals surface area (Å²) in [5.41, 5.74) is 2.12. The Morgan fingerprint density at radius 2 is 1.90 bits per heavy atom. The van der Waals surface area contributed by atoms with Gasteiger partial charge in [0.1, 0.15) is 0 Å². The molecule has 2 amide bonds. The fourth-order valence-electron chi connectivity index (χ4n) is 4.25. The first-order valence-electron chi connectivity index (χ1n) is 10.3. The molecule has 0 aliphatic carbocycles. The Kier molecular flexibility index (Phi) is 6.17. The van der Waals surface area contributed by atoms with Gasteiger partial charge >= 0.3 is 0 Å². The van der Waals surface area contributed by atoms with Gasteiger partial charge < -0.3 is 9.80 Å². The van der Waals surface area contributed by atoms with Gasteiger partial charge in [-0.25, -0.2) is 0 Å². The molecule has 4 rings (SSSR count). The van der Waals surface area contributed by atoms with Crippen molar-refractivity contribution in [2.24, 2.45) is 5.92 Å². The van der Waals surface area contributed by atoms with Gasteiger partial charge in [0.05, 0.1) is 12.0 Å². The van der Waals surface area contributed by atoms with E-state index in [1.165, 1.54) is 0 Å². The van der Waals surface area contributed by atoms with Crippen molar-refractivity contribution in [1.29, 1.82) is 0 Å². The van der Waals surface area contributed by atoms with Crippen molar-refractivity contribution in [3.63, 3.8) is 0 Å². The normalized spacial score (nSPS) is 18.2. The molecule has 1 aliphatic rings. The summed E-state index contributed by atoms with van der Waals surface area (Å²) in [7, 11) is 1.77. The number of halogens is 1. The van der Waals surface area contributed by atoms with E-state index in [0.717, 1.165) is 16.1 Å². The summed E-state index contributed by atoms with van der Waals surface area (Å²) in [6, 6.07) is 18.4. The van der Waals surface area contributed by atoms with Crippen LogP contribution in [0.2, 0.25) is 5.02 Å². The Hall–Kier alpha value is -2.63. The second-order valence-electron chi connectivity index (χ2n) is 8.25. The molecule has 1 aliphatic heterocycles. The van der Waals surface area contributed by atoms with Gasteiger partial charge in [0.2, 0.25) is 5.91 Å². The average molecular weight is 453 g/mol. The van der Waals surface area contributed by atoms with Crippen LogP contribution in [0, 0.1) is 5.92 Å². The fraction of sp³-hybridized carbons (Fsp3) is 0.280. The number of anilines is 1. The Morgan fingerprint density at radius 1 is 1.13 bits per heavy atom. The van der Waals surface area contributed by atoms with E-state index in [1.807, 2.05) is 58.8 Å². The Balaban J connectivity index is 1.86. The molecule has 0 saturated heterocycles. The first-order valence-corrected chi connectivity index (χ1v) is 11.6. The third kappa shape index (κ3) is 4.12. The number of thiophene rings is 1. The van der Waals surface area contributed by atoms with Gasteiger partial charge in [0.15, 0.2) is 0 Å². The van der Waals surface area contributed by atoms with Crippen molar-refractivity contribution < 1.29 is 9.59 Å². The number of hydrogen-bond acceptors (Lipinski definition) is 3. The maximum Gasteiger partial charge on any atom is 0.254 e. The second kappa shape index (κ2) is 8.85. The summed E-state index contributed by atoms with van der Waals surface area (Å²) >= 11 is 7.76. The van der Waals surface area contributed by atoms with E-state index in [9.17, 15) is 9.59 Å². The third-order valence-corrected chi connectivity index (χ3v) is 6.81. The predicted octanol–water partition coefficient (Wildman–Crippen LogP) is 6.00. The fourth-order valence-corrected chi connectivity index (χ4v) is 5.31. The average Bonchev–Trinajstić information content (AvgIpc) is 3.28. The lowest BCUT2D eigenvalue weighted by Gasteiger charge is -2.43. The third-order valence-electron chi connectivity index (χ3n) is 5.63. The lowest BCUT2D eigenvalue weighted by molar-refractivity contribution is -0.121. The van der Waals surface area contributed by atoms with E-state index in [1.54, 1.807) is 35.4 Å². The topological polar surface area (TPSA) is 40.6 Å². The molecule has 0 radical (unpaired) electrons. The van der Waals surface area contributed by atoms with E-state index < -0.39 is 5.92 Å². The smallest absolute Gasteiger partial charge is 0.254 e. The van der Waals surface area contributed by atoms with Crippen LogP contribution in [-0.4, -0.2) is 30.3 Å². The maximum absolute atomic E-state index is 14.0. The van der Waals surface area contributed by atoms with Gasteiger partial charge in [-0.3, -0.25) is 9.59 Å². The summed E-state index contributed by atoms with van der Waals surface area (Å²) in [5, 5.41) is 2.57. The molecular weight excluding hydrogens is 428 g/mol. The largest absolute Gasteiger partial charge is 0.329 e. The van der Waals surface area contributed by atoms with E-state index in [0.29, 0.717) is 17.1 Å². The summed E-state index contributed by atoms with van der Waals surface area (Å²) in [4.78, 5) is 32.0. The molecule has 4 nitrogen and oxygen atoms in total. The number of fused-ring (bicyclic) bond motifs is 1. The number of carbonyl (C=O) groups excluding carboxylic acids is 2. The van der Waals surface area contributed by atoms with Crippen molar-refractivity contribution in [1.82, 2.24) is 4.90 Å². The van der Waals surface area contributed by atoms with Gasteiger partial charge in [-0.15, -0.1) is 11.3 Å². The van der Waals surface area contributed by atoms with Crippen LogP contribution in [0.1, 0.15) is 46.6 Å². The Morgan fingerprint density at radius 3 is 2.58 bits per heavy atom. The monoisotopic (exact) mass is 452 g/mol. The van der Waals surface area contributed by atoms with E-state index in [4.69, 9.17) is 11.6 Å². The van der Waals surface area contributed by atoms with Crippen LogP contribution in [0.5, 0.6) is 0 Å². The molecular formula is C25H25ClN2O2S. The zero-order chi connectivity index (χ0) is 22.1. The molecule has 31 heavy (non-hydrogen) atoms. The molecule has 1 aromatic heterocycles. The van der Waals surface area contributed by atoms with Crippen molar-refractivity contribution in [3.8, 4) is 0 Å². The molecule has 2 atom stereocenters. The van der Waals surface area contributed by atoms with E-state index in [-0.39, 0.29) is 23.8 Å².